The lowest BCUT2D eigenvalue weighted by Crippen LogP contribution is -2.24. The van der Waals surface area contributed by atoms with Gasteiger partial charge in [-0.3, -0.25) is 4.79 Å². The van der Waals surface area contributed by atoms with Crippen molar-refractivity contribution in [3.05, 3.63) is 0 Å². The summed E-state index contributed by atoms with van der Waals surface area (Å²) in [4.78, 5) is 11.0. The van der Waals surface area contributed by atoms with Gasteiger partial charge in [-0.25, -0.2) is 0 Å². The maximum absolute atomic E-state index is 11.0. The number of amides is 1. The Kier molecular flexibility index (Phi) is 0.582. The highest BCUT2D eigenvalue weighted by Crippen LogP contribution is 2.78. The zero-order chi connectivity index (χ0) is 6.93. The first kappa shape index (κ1) is 5.16. The Morgan fingerprint density at radius 1 is 1.40 bits per heavy atom. The van der Waals surface area contributed by atoms with Gasteiger partial charge in [-0.2, -0.15) is 0 Å². The summed E-state index contributed by atoms with van der Waals surface area (Å²) in [5, 5.41) is 0. The van der Waals surface area contributed by atoms with Crippen molar-refractivity contribution in [2.45, 2.75) is 19.3 Å². The minimum Gasteiger partial charge on any atom is -0.369 e. The van der Waals surface area contributed by atoms with Gasteiger partial charge in [0.2, 0.25) is 5.91 Å². The van der Waals surface area contributed by atoms with Gasteiger partial charge in [-0.05, 0) is 37.0 Å². The van der Waals surface area contributed by atoms with Crippen LogP contribution >= 0.6 is 0 Å². The molecular weight excluding hydrogens is 126 g/mol. The molecule has 4 rings (SSSR count). The highest BCUT2D eigenvalue weighted by molar-refractivity contribution is 5.86. The van der Waals surface area contributed by atoms with Crippen molar-refractivity contribution in [2.24, 2.45) is 28.9 Å². The van der Waals surface area contributed by atoms with Gasteiger partial charge in [-0.15, -0.1) is 0 Å². The Labute approximate surface area is 59.8 Å². The second-order valence-electron chi connectivity index (χ2n) is 4.16. The van der Waals surface area contributed by atoms with Gasteiger partial charge >= 0.3 is 0 Å². The predicted molar refractivity (Wildman–Crippen MR) is 35.9 cm³/mol. The van der Waals surface area contributed by atoms with Crippen molar-refractivity contribution < 1.29 is 4.79 Å². The van der Waals surface area contributed by atoms with Crippen molar-refractivity contribution in [3.63, 3.8) is 0 Å². The normalized spacial score (nSPS) is 61.0. The molecule has 0 aromatic carbocycles. The van der Waals surface area contributed by atoms with Crippen LogP contribution in [0.4, 0.5) is 0 Å². The van der Waals surface area contributed by atoms with Crippen LogP contribution in [0.5, 0.6) is 0 Å². The van der Waals surface area contributed by atoms with Gasteiger partial charge in [0.05, 0.1) is 5.41 Å². The molecule has 0 aromatic rings. The number of carbonyl (C=O) groups excluding carboxylic acids is 1. The predicted octanol–water partition coefficient (Wildman–Crippen LogP) is 0.518. The smallest absolute Gasteiger partial charge is 0.224 e. The van der Waals surface area contributed by atoms with Crippen molar-refractivity contribution >= 4 is 5.91 Å². The molecule has 2 nitrogen and oxygen atoms in total. The van der Waals surface area contributed by atoms with Crippen LogP contribution in [0.1, 0.15) is 19.3 Å². The third-order valence-electron chi connectivity index (χ3n) is 3.96. The molecule has 54 valence electrons. The highest BCUT2D eigenvalue weighted by atomic mass is 16.1. The van der Waals surface area contributed by atoms with E-state index in [1.165, 1.54) is 12.8 Å². The monoisotopic (exact) mass is 137 g/mol. The molecule has 4 aliphatic carbocycles. The maximum atomic E-state index is 11.0. The minimum atomic E-state index is -0.0116. The molecule has 4 aliphatic rings. The average molecular weight is 137 g/mol. The molecule has 0 aromatic heterocycles. The summed E-state index contributed by atoms with van der Waals surface area (Å²) >= 11 is 0. The van der Waals surface area contributed by atoms with E-state index < -0.39 is 0 Å². The fraction of sp³-hybridized carbons (Fsp3) is 0.875. The Bertz CT molecular complexity index is 211. The molecule has 0 saturated heterocycles. The van der Waals surface area contributed by atoms with Gasteiger partial charge in [0, 0.05) is 0 Å². The van der Waals surface area contributed by atoms with Crippen LogP contribution in [0.3, 0.4) is 0 Å². The Hall–Kier alpha value is -0.530. The molecule has 2 heteroatoms. The molecule has 4 saturated carbocycles. The van der Waals surface area contributed by atoms with E-state index in [0.717, 1.165) is 24.2 Å². The van der Waals surface area contributed by atoms with Gasteiger partial charge in [0.25, 0.3) is 0 Å². The van der Waals surface area contributed by atoms with Crippen LogP contribution in [0.25, 0.3) is 0 Å². The summed E-state index contributed by atoms with van der Waals surface area (Å²) in [5.74, 6) is 2.29. The van der Waals surface area contributed by atoms with Crippen molar-refractivity contribution in [3.8, 4) is 0 Å². The number of carbonyl (C=O) groups is 1. The van der Waals surface area contributed by atoms with Crippen LogP contribution in [-0.4, -0.2) is 5.91 Å². The Balaban J connectivity index is 2.06. The van der Waals surface area contributed by atoms with E-state index in [9.17, 15) is 4.79 Å². The maximum Gasteiger partial charge on any atom is 0.224 e. The van der Waals surface area contributed by atoms with Gasteiger partial charge < -0.3 is 5.73 Å². The lowest BCUT2D eigenvalue weighted by Gasteiger charge is -2.02. The van der Waals surface area contributed by atoms with Crippen molar-refractivity contribution in [1.82, 2.24) is 0 Å². The molecule has 0 aliphatic heterocycles. The third kappa shape index (κ3) is 0.297. The zero-order valence-electron chi connectivity index (χ0n) is 5.84. The first-order valence-corrected chi connectivity index (χ1v) is 4.05. The second-order valence-corrected chi connectivity index (χ2v) is 4.16. The summed E-state index contributed by atoms with van der Waals surface area (Å²) in [6, 6.07) is 0. The summed E-state index contributed by atoms with van der Waals surface area (Å²) in [6.07, 6.45) is 3.72. The molecule has 2 unspecified atom stereocenters. The van der Waals surface area contributed by atoms with E-state index in [4.69, 9.17) is 5.73 Å². The second kappa shape index (κ2) is 1.13. The van der Waals surface area contributed by atoms with Crippen LogP contribution in [-0.2, 0) is 4.79 Å². The van der Waals surface area contributed by atoms with E-state index in [0.29, 0.717) is 0 Å². The van der Waals surface area contributed by atoms with Crippen LogP contribution in [0.15, 0.2) is 0 Å². The van der Waals surface area contributed by atoms with Crippen LogP contribution in [0, 0.1) is 23.2 Å². The fourth-order valence-electron chi connectivity index (χ4n) is 3.58. The average Bonchev–Trinajstić information content (AvgIpc) is 2.42. The molecular formula is C8H11NO. The van der Waals surface area contributed by atoms with Gasteiger partial charge in [-0.1, -0.05) is 0 Å². The van der Waals surface area contributed by atoms with Crippen molar-refractivity contribution in [2.75, 3.05) is 0 Å². The zero-order valence-corrected chi connectivity index (χ0v) is 5.84. The molecule has 0 heterocycles. The number of hydrogen-bond donors (Lipinski definition) is 1. The molecule has 4 bridgehead atoms. The van der Waals surface area contributed by atoms with E-state index in [-0.39, 0.29) is 11.3 Å². The third-order valence-corrected chi connectivity index (χ3v) is 3.96. The SMILES string of the molecule is NC(=O)C12CC3CC1C2C3. The highest BCUT2D eigenvalue weighted by Gasteiger charge is 2.77. The first-order chi connectivity index (χ1) is 4.75. The summed E-state index contributed by atoms with van der Waals surface area (Å²) in [7, 11) is 0. The van der Waals surface area contributed by atoms with Gasteiger partial charge in [0.1, 0.15) is 0 Å². The van der Waals surface area contributed by atoms with E-state index >= 15 is 0 Å². The number of primary amides is 1. The number of rotatable bonds is 1. The minimum absolute atomic E-state index is 0.0116. The quantitative estimate of drug-likeness (QED) is 0.562. The van der Waals surface area contributed by atoms with Crippen molar-refractivity contribution in [1.29, 1.82) is 0 Å². The molecule has 0 spiro atoms. The van der Waals surface area contributed by atoms with E-state index in [2.05, 4.69) is 0 Å². The standard InChI is InChI=1S/C8H11NO/c9-7(10)8-3-4-1-5(8)6(8)2-4/h4-6H,1-3H2,(H2,9,10). The number of nitrogens with two attached hydrogens (primary N) is 1. The fourth-order valence-corrected chi connectivity index (χ4v) is 3.58. The lowest BCUT2D eigenvalue weighted by molar-refractivity contribution is -0.123. The largest absolute Gasteiger partial charge is 0.369 e. The Morgan fingerprint density at radius 2 is 2.00 bits per heavy atom. The summed E-state index contributed by atoms with van der Waals surface area (Å²) in [5.41, 5.74) is 5.38. The lowest BCUT2D eigenvalue weighted by atomic mass is 10.0. The van der Waals surface area contributed by atoms with E-state index in [1.54, 1.807) is 0 Å². The molecule has 4 fully saturated rings. The molecule has 2 atom stereocenters. The van der Waals surface area contributed by atoms with Crippen LogP contribution < -0.4 is 5.73 Å². The van der Waals surface area contributed by atoms with E-state index in [1.807, 2.05) is 0 Å². The first-order valence-electron chi connectivity index (χ1n) is 4.05. The molecule has 2 N–H and O–H groups in total. The molecule has 1 amide bonds. The molecule has 0 radical (unpaired) electrons. The van der Waals surface area contributed by atoms with Crippen LogP contribution in [0.2, 0.25) is 0 Å². The Morgan fingerprint density at radius 3 is 2.20 bits per heavy atom. The number of hydrogen-bond acceptors (Lipinski definition) is 1. The molecule has 10 heavy (non-hydrogen) atoms. The topological polar surface area (TPSA) is 43.1 Å². The summed E-state index contributed by atoms with van der Waals surface area (Å²) < 4.78 is 0. The van der Waals surface area contributed by atoms with Gasteiger partial charge in [0.15, 0.2) is 0 Å². The summed E-state index contributed by atoms with van der Waals surface area (Å²) in [6.45, 7) is 0.